The van der Waals surface area contributed by atoms with Gasteiger partial charge in [-0.05, 0) is 18.6 Å². The van der Waals surface area contributed by atoms with Crippen LogP contribution in [0.2, 0.25) is 0 Å². The molecule has 1 unspecified atom stereocenters. The number of rotatable bonds is 8. The number of ether oxygens (including phenoxy) is 1. The van der Waals surface area contributed by atoms with Crippen molar-refractivity contribution in [2.75, 3.05) is 30.9 Å². The first-order valence-electron chi connectivity index (χ1n) is 6.61. The van der Waals surface area contributed by atoms with Crippen LogP contribution in [-0.4, -0.2) is 42.5 Å². The van der Waals surface area contributed by atoms with Crippen molar-refractivity contribution in [1.29, 1.82) is 0 Å². The molecule has 20 heavy (non-hydrogen) atoms. The number of aliphatic hydroxyl groups excluding tert-OH is 2. The fourth-order valence-electron chi connectivity index (χ4n) is 1.64. The summed E-state index contributed by atoms with van der Waals surface area (Å²) in [6, 6.07) is 5.21. The lowest BCUT2D eigenvalue weighted by molar-refractivity contribution is -0.116. The van der Waals surface area contributed by atoms with Gasteiger partial charge in [0, 0.05) is 19.0 Å². The van der Waals surface area contributed by atoms with Crippen molar-refractivity contribution in [3.05, 3.63) is 18.2 Å². The predicted molar refractivity (Wildman–Crippen MR) is 78.1 cm³/mol. The molecule has 0 heterocycles. The van der Waals surface area contributed by atoms with Gasteiger partial charge in [0.25, 0.3) is 0 Å². The zero-order valence-electron chi connectivity index (χ0n) is 11.8. The van der Waals surface area contributed by atoms with Gasteiger partial charge in [0.1, 0.15) is 5.75 Å². The van der Waals surface area contributed by atoms with Crippen LogP contribution in [0.15, 0.2) is 18.2 Å². The lowest BCUT2D eigenvalue weighted by Crippen LogP contribution is -2.23. The fourth-order valence-corrected chi connectivity index (χ4v) is 1.64. The number of methoxy groups -OCH3 is 1. The largest absolute Gasteiger partial charge is 0.497 e. The van der Waals surface area contributed by atoms with E-state index in [0.29, 0.717) is 23.5 Å². The van der Waals surface area contributed by atoms with Crippen molar-refractivity contribution in [1.82, 2.24) is 0 Å². The van der Waals surface area contributed by atoms with Gasteiger partial charge in [0.2, 0.25) is 5.91 Å². The molecule has 0 bridgehead atoms. The highest BCUT2D eigenvalue weighted by molar-refractivity contribution is 5.94. The Hall–Kier alpha value is -1.79. The summed E-state index contributed by atoms with van der Waals surface area (Å²) < 4.78 is 5.13. The van der Waals surface area contributed by atoms with E-state index in [0.717, 1.165) is 6.42 Å². The predicted octanol–water partition coefficient (Wildman–Crippen LogP) is 1.20. The number of carbonyl (C=O) groups is 1. The molecule has 1 atom stereocenters. The monoisotopic (exact) mass is 282 g/mol. The first kappa shape index (κ1) is 16.3. The number of benzene rings is 1. The highest BCUT2D eigenvalue weighted by atomic mass is 16.5. The van der Waals surface area contributed by atoms with E-state index in [4.69, 9.17) is 9.84 Å². The van der Waals surface area contributed by atoms with Gasteiger partial charge in [-0.3, -0.25) is 4.79 Å². The van der Waals surface area contributed by atoms with E-state index in [-0.39, 0.29) is 19.1 Å². The van der Waals surface area contributed by atoms with E-state index >= 15 is 0 Å². The lowest BCUT2D eigenvalue weighted by Gasteiger charge is -2.16. The zero-order valence-corrected chi connectivity index (χ0v) is 11.8. The van der Waals surface area contributed by atoms with Crippen molar-refractivity contribution >= 4 is 17.3 Å². The Morgan fingerprint density at radius 1 is 1.40 bits per heavy atom. The third-order valence-electron chi connectivity index (χ3n) is 2.72. The number of hydrogen-bond donors (Lipinski definition) is 4. The summed E-state index contributed by atoms with van der Waals surface area (Å²) in [4.78, 5) is 11.7. The molecule has 112 valence electrons. The average molecular weight is 282 g/mol. The van der Waals surface area contributed by atoms with Gasteiger partial charge >= 0.3 is 0 Å². The van der Waals surface area contributed by atoms with E-state index < -0.39 is 6.10 Å². The summed E-state index contributed by atoms with van der Waals surface area (Å²) >= 11 is 0. The summed E-state index contributed by atoms with van der Waals surface area (Å²) in [5.74, 6) is 0.572. The maximum Gasteiger partial charge on any atom is 0.224 e. The van der Waals surface area contributed by atoms with E-state index in [1.54, 1.807) is 25.3 Å². The highest BCUT2D eigenvalue weighted by Gasteiger charge is 2.09. The van der Waals surface area contributed by atoms with Crippen molar-refractivity contribution in [2.45, 2.75) is 25.9 Å². The van der Waals surface area contributed by atoms with Crippen LogP contribution in [0.1, 0.15) is 19.8 Å². The Balaban J connectivity index is 2.83. The molecule has 1 aromatic carbocycles. The first-order chi connectivity index (χ1) is 9.60. The molecule has 0 aliphatic rings. The number of hydrogen-bond acceptors (Lipinski definition) is 5. The molecule has 0 spiro atoms. The fraction of sp³-hybridized carbons (Fsp3) is 0.500. The molecule has 0 saturated carbocycles. The molecule has 0 radical (unpaired) electrons. The number of carbonyl (C=O) groups excluding carboxylic acids is 1. The second-order valence-electron chi connectivity index (χ2n) is 4.43. The van der Waals surface area contributed by atoms with Crippen molar-refractivity contribution in [3.63, 3.8) is 0 Å². The average Bonchev–Trinajstić information content (AvgIpc) is 2.46. The normalized spacial score (nSPS) is 11.8. The van der Waals surface area contributed by atoms with Crippen LogP contribution in [0.3, 0.4) is 0 Å². The minimum atomic E-state index is -0.861. The van der Waals surface area contributed by atoms with Crippen LogP contribution >= 0.6 is 0 Å². The van der Waals surface area contributed by atoms with Gasteiger partial charge in [-0.1, -0.05) is 6.92 Å². The molecule has 0 aliphatic carbocycles. The Morgan fingerprint density at radius 3 is 2.75 bits per heavy atom. The molecule has 0 fully saturated rings. The van der Waals surface area contributed by atoms with E-state index in [9.17, 15) is 9.90 Å². The topological polar surface area (TPSA) is 90.8 Å². The highest BCUT2D eigenvalue weighted by Crippen LogP contribution is 2.27. The van der Waals surface area contributed by atoms with Crippen molar-refractivity contribution in [2.24, 2.45) is 0 Å². The summed E-state index contributed by atoms with van der Waals surface area (Å²) in [6.45, 7) is 1.79. The van der Waals surface area contributed by atoms with Gasteiger partial charge in [-0.2, -0.15) is 0 Å². The molecule has 0 aliphatic heterocycles. The summed E-state index contributed by atoms with van der Waals surface area (Å²) in [5, 5.41) is 24.0. The Bertz CT molecular complexity index is 437. The third kappa shape index (κ3) is 5.07. The first-order valence-corrected chi connectivity index (χ1v) is 6.61. The van der Waals surface area contributed by atoms with Crippen LogP contribution in [0.5, 0.6) is 5.75 Å². The third-order valence-corrected chi connectivity index (χ3v) is 2.72. The molecule has 0 saturated heterocycles. The number of aliphatic hydroxyl groups is 2. The molecular weight excluding hydrogens is 260 g/mol. The van der Waals surface area contributed by atoms with Crippen molar-refractivity contribution < 1.29 is 19.7 Å². The Labute approximate surface area is 118 Å². The van der Waals surface area contributed by atoms with Crippen LogP contribution in [-0.2, 0) is 4.79 Å². The zero-order chi connectivity index (χ0) is 15.0. The number of nitrogens with one attached hydrogen (secondary N) is 2. The van der Waals surface area contributed by atoms with Gasteiger partial charge in [-0.15, -0.1) is 0 Å². The molecule has 6 heteroatoms. The number of amides is 1. The van der Waals surface area contributed by atoms with Crippen LogP contribution in [0, 0.1) is 0 Å². The number of anilines is 2. The van der Waals surface area contributed by atoms with Gasteiger partial charge < -0.3 is 25.6 Å². The molecule has 1 amide bonds. The summed E-state index contributed by atoms with van der Waals surface area (Å²) in [6.07, 6.45) is 0.360. The van der Waals surface area contributed by atoms with Gasteiger partial charge in [0.15, 0.2) is 0 Å². The van der Waals surface area contributed by atoms with Gasteiger partial charge in [0.05, 0.1) is 31.2 Å². The van der Waals surface area contributed by atoms with Crippen molar-refractivity contribution in [3.8, 4) is 5.75 Å². The molecule has 0 aromatic heterocycles. The minimum Gasteiger partial charge on any atom is -0.497 e. The summed E-state index contributed by atoms with van der Waals surface area (Å²) in [5.41, 5.74) is 1.26. The Kier molecular flexibility index (Phi) is 6.83. The van der Waals surface area contributed by atoms with Gasteiger partial charge in [-0.25, -0.2) is 0 Å². The van der Waals surface area contributed by atoms with E-state index in [2.05, 4.69) is 10.6 Å². The quantitative estimate of drug-likeness (QED) is 0.575. The van der Waals surface area contributed by atoms with Crippen LogP contribution in [0.4, 0.5) is 11.4 Å². The maximum atomic E-state index is 11.7. The lowest BCUT2D eigenvalue weighted by atomic mass is 10.2. The molecule has 1 rings (SSSR count). The van der Waals surface area contributed by atoms with E-state index in [1.807, 2.05) is 6.92 Å². The molecular formula is C14H22N2O4. The maximum absolute atomic E-state index is 11.7. The Morgan fingerprint density at radius 2 is 2.15 bits per heavy atom. The minimum absolute atomic E-state index is 0.0663. The second-order valence-corrected chi connectivity index (χ2v) is 4.43. The van der Waals surface area contributed by atoms with Crippen LogP contribution < -0.4 is 15.4 Å². The second kappa shape index (κ2) is 8.39. The molecule has 1 aromatic rings. The standard InChI is InChI=1S/C14H22N2O4/c1-3-4-14(19)16-12-6-5-11(20-2)7-13(12)15-8-10(18)9-17/h5-7,10,15,17-18H,3-4,8-9H2,1-2H3,(H,16,19). The van der Waals surface area contributed by atoms with Crippen LogP contribution in [0.25, 0.3) is 0 Å². The smallest absolute Gasteiger partial charge is 0.224 e. The molecule has 4 N–H and O–H groups in total. The SMILES string of the molecule is CCCC(=O)Nc1ccc(OC)cc1NCC(O)CO. The van der Waals surface area contributed by atoms with E-state index in [1.165, 1.54) is 0 Å². The summed E-state index contributed by atoms with van der Waals surface area (Å²) in [7, 11) is 1.55. The molecule has 6 nitrogen and oxygen atoms in total.